The third kappa shape index (κ3) is 2.92. The molecule has 3 nitrogen and oxygen atoms in total. The summed E-state index contributed by atoms with van der Waals surface area (Å²) in [4.78, 5) is 14.0. The van der Waals surface area contributed by atoms with Crippen LogP contribution in [-0.4, -0.2) is 29.9 Å². The monoisotopic (exact) mass is 268 g/mol. The molecule has 1 aliphatic heterocycles. The Morgan fingerprint density at radius 2 is 2.00 bits per heavy atom. The summed E-state index contributed by atoms with van der Waals surface area (Å²) in [5.41, 5.74) is 5.76. The van der Waals surface area contributed by atoms with E-state index in [1.165, 1.54) is 0 Å². The predicted octanol–water partition coefficient (Wildman–Crippen LogP) is 2.16. The van der Waals surface area contributed by atoms with Crippen molar-refractivity contribution in [2.45, 2.75) is 25.8 Å². The first-order chi connectivity index (χ1) is 9.02. The Hall–Kier alpha value is -1.49. The summed E-state index contributed by atoms with van der Waals surface area (Å²) in [5, 5.41) is 0. The number of halogens is 2. The lowest BCUT2D eigenvalue weighted by Gasteiger charge is -2.39. The quantitative estimate of drug-likeness (QED) is 0.893. The van der Waals surface area contributed by atoms with Gasteiger partial charge in [-0.2, -0.15) is 0 Å². The molecule has 0 saturated carbocycles. The predicted molar refractivity (Wildman–Crippen MR) is 68.6 cm³/mol. The van der Waals surface area contributed by atoms with Gasteiger partial charge in [-0.25, -0.2) is 8.78 Å². The molecular weight excluding hydrogens is 250 g/mol. The van der Waals surface area contributed by atoms with Crippen LogP contribution in [0, 0.1) is 17.6 Å². The van der Waals surface area contributed by atoms with Crippen molar-refractivity contribution in [3.8, 4) is 0 Å². The fraction of sp³-hybridized carbons (Fsp3) is 0.500. The lowest BCUT2D eigenvalue weighted by molar-refractivity contribution is 0.0531. The van der Waals surface area contributed by atoms with Crippen LogP contribution in [0.2, 0.25) is 0 Å². The molecule has 1 fully saturated rings. The minimum Gasteiger partial charge on any atom is -0.334 e. The van der Waals surface area contributed by atoms with E-state index >= 15 is 0 Å². The van der Waals surface area contributed by atoms with Gasteiger partial charge in [-0.05, 0) is 30.9 Å². The highest BCUT2D eigenvalue weighted by Crippen LogP contribution is 2.24. The van der Waals surface area contributed by atoms with E-state index in [0.717, 1.165) is 31.0 Å². The van der Waals surface area contributed by atoms with Gasteiger partial charge in [-0.15, -0.1) is 0 Å². The molecule has 1 heterocycles. The summed E-state index contributed by atoms with van der Waals surface area (Å²) in [7, 11) is 0. The Labute approximate surface area is 111 Å². The first kappa shape index (κ1) is 13.9. The molecule has 2 rings (SSSR count). The highest BCUT2D eigenvalue weighted by molar-refractivity contribution is 5.94. The number of piperidine rings is 1. The molecule has 5 heteroatoms. The number of likely N-dealkylation sites (tertiary alicyclic amines) is 1. The van der Waals surface area contributed by atoms with Crippen LogP contribution in [0.1, 0.15) is 30.1 Å². The minimum absolute atomic E-state index is 0.0463. The molecule has 2 unspecified atom stereocenters. The van der Waals surface area contributed by atoms with Crippen LogP contribution in [-0.2, 0) is 0 Å². The summed E-state index contributed by atoms with van der Waals surface area (Å²) in [6.45, 7) is 3.00. The molecule has 19 heavy (non-hydrogen) atoms. The van der Waals surface area contributed by atoms with Gasteiger partial charge in [0.2, 0.25) is 0 Å². The van der Waals surface area contributed by atoms with Crippen LogP contribution in [0.25, 0.3) is 0 Å². The number of hydrogen-bond acceptors (Lipinski definition) is 2. The number of carbonyl (C=O) groups excluding carboxylic acids is 1. The molecule has 1 amide bonds. The lowest BCUT2D eigenvalue weighted by Crippen LogP contribution is -2.51. The first-order valence-electron chi connectivity index (χ1n) is 6.50. The van der Waals surface area contributed by atoms with Crippen molar-refractivity contribution >= 4 is 5.91 Å². The fourth-order valence-electron chi connectivity index (χ4n) is 2.70. The third-order valence-electron chi connectivity index (χ3n) is 3.73. The van der Waals surface area contributed by atoms with Crippen LogP contribution in [0.3, 0.4) is 0 Å². The van der Waals surface area contributed by atoms with Crippen molar-refractivity contribution in [3.63, 3.8) is 0 Å². The van der Waals surface area contributed by atoms with E-state index in [-0.39, 0.29) is 17.5 Å². The van der Waals surface area contributed by atoms with Gasteiger partial charge in [0.1, 0.15) is 11.6 Å². The number of amides is 1. The van der Waals surface area contributed by atoms with Crippen LogP contribution in [0.5, 0.6) is 0 Å². The Kier molecular flexibility index (Phi) is 4.14. The van der Waals surface area contributed by atoms with Gasteiger partial charge in [0.15, 0.2) is 0 Å². The van der Waals surface area contributed by atoms with E-state index in [0.29, 0.717) is 19.0 Å². The first-order valence-corrected chi connectivity index (χ1v) is 6.50. The minimum atomic E-state index is -0.738. The summed E-state index contributed by atoms with van der Waals surface area (Å²) in [5.74, 6) is -1.52. The summed E-state index contributed by atoms with van der Waals surface area (Å²) >= 11 is 0. The molecule has 1 aromatic rings. The SMILES string of the molecule is CC1CCCN(C(=O)c2cc(F)cc(F)c2)C1CN. The zero-order valence-corrected chi connectivity index (χ0v) is 10.9. The molecule has 0 radical (unpaired) electrons. The second kappa shape index (κ2) is 5.65. The standard InChI is InChI=1S/C14H18F2N2O/c1-9-3-2-4-18(13(9)8-17)14(19)10-5-11(15)7-12(16)6-10/h5-7,9,13H,2-4,8,17H2,1H3. The number of nitrogens with zero attached hydrogens (tertiary/aromatic N) is 1. The summed E-state index contributed by atoms with van der Waals surface area (Å²) in [6.07, 6.45) is 1.91. The van der Waals surface area contributed by atoms with Crippen molar-refractivity contribution in [2.75, 3.05) is 13.1 Å². The number of benzene rings is 1. The molecule has 2 atom stereocenters. The van der Waals surface area contributed by atoms with Gasteiger partial charge in [-0.3, -0.25) is 4.79 Å². The normalized spacial score (nSPS) is 23.5. The average molecular weight is 268 g/mol. The van der Waals surface area contributed by atoms with Gasteiger partial charge < -0.3 is 10.6 Å². The second-order valence-electron chi connectivity index (χ2n) is 5.08. The summed E-state index contributed by atoms with van der Waals surface area (Å²) < 4.78 is 26.4. The zero-order chi connectivity index (χ0) is 14.0. The highest BCUT2D eigenvalue weighted by Gasteiger charge is 2.31. The number of carbonyl (C=O) groups is 1. The van der Waals surface area contributed by atoms with Crippen molar-refractivity contribution in [3.05, 3.63) is 35.4 Å². The molecule has 0 aliphatic carbocycles. The van der Waals surface area contributed by atoms with Gasteiger partial charge in [0.25, 0.3) is 5.91 Å². The molecule has 1 aromatic carbocycles. The maximum Gasteiger partial charge on any atom is 0.254 e. The molecular formula is C14H18F2N2O. The van der Waals surface area contributed by atoms with Gasteiger partial charge >= 0.3 is 0 Å². The van der Waals surface area contributed by atoms with Gasteiger partial charge in [0.05, 0.1) is 0 Å². The van der Waals surface area contributed by atoms with E-state index in [4.69, 9.17) is 5.73 Å². The third-order valence-corrected chi connectivity index (χ3v) is 3.73. The van der Waals surface area contributed by atoms with Crippen LogP contribution >= 0.6 is 0 Å². The Morgan fingerprint density at radius 3 is 2.58 bits per heavy atom. The van der Waals surface area contributed by atoms with E-state index < -0.39 is 11.6 Å². The molecule has 1 aliphatic rings. The van der Waals surface area contributed by atoms with Crippen LogP contribution in [0.4, 0.5) is 8.78 Å². The number of nitrogens with two attached hydrogens (primary N) is 1. The number of rotatable bonds is 2. The van der Waals surface area contributed by atoms with Crippen LogP contribution < -0.4 is 5.73 Å². The lowest BCUT2D eigenvalue weighted by atomic mass is 9.90. The fourth-order valence-corrected chi connectivity index (χ4v) is 2.70. The molecule has 0 bridgehead atoms. The Balaban J connectivity index is 2.26. The van der Waals surface area contributed by atoms with E-state index in [2.05, 4.69) is 0 Å². The van der Waals surface area contributed by atoms with Crippen molar-refractivity contribution in [1.82, 2.24) is 4.90 Å². The number of hydrogen-bond donors (Lipinski definition) is 1. The van der Waals surface area contributed by atoms with E-state index in [9.17, 15) is 13.6 Å². The molecule has 0 spiro atoms. The molecule has 104 valence electrons. The van der Waals surface area contributed by atoms with Crippen molar-refractivity contribution in [2.24, 2.45) is 11.7 Å². The van der Waals surface area contributed by atoms with Crippen molar-refractivity contribution in [1.29, 1.82) is 0 Å². The van der Waals surface area contributed by atoms with Gasteiger partial charge in [0, 0.05) is 30.8 Å². The Bertz CT molecular complexity index is 458. The Morgan fingerprint density at radius 1 is 1.37 bits per heavy atom. The maximum absolute atomic E-state index is 13.2. The average Bonchev–Trinajstić information content (AvgIpc) is 2.36. The molecule has 2 N–H and O–H groups in total. The van der Waals surface area contributed by atoms with E-state index in [1.54, 1.807) is 4.90 Å². The second-order valence-corrected chi connectivity index (χ2v) is 5.08. The topological polar surface area (TPSA) is 46.3 Å². The molecule has 1 saturated heterocycles. The molecule has 0 aromatic heterocycles. The smallest absolute Gasteiger partial charge is 0.254 e. The maximum atomic E-state index is 13.2. The largest absolute Gasteiger partial charge is 0.334 e. The summed E-state index contributed by atoms with van der Waals surface area (Å²) in [6, 6.07) is 2.83. The van der Waals surface area contributed by atoms with Gasteiger partial charge in [-0.1, -0.05) is 6.92 Å². The zero-order valence-electron chi connectivity index (χ0n) is 10.9. The van der Waals surface area contributed by atoms with Crippen LogP contribution in [0.15, 0.2) is 18.2 Å². The highest BCUT2D eigenvalue weighted by atomic mass is 19.1. The van der Waals surface area contributed by atoms with E-state index in [1.807, 2.05) is 6.92 Å². The van der Waals surface area contributed by atoms with Crippen molar-refractivity contribution < 1.29 is 13.6 Å².